The van der Waals surface area contributed by atoms with Gasteiger partial charge >= 0.3 is 0 Å². The molecule has 0 aromatic heterocycles. The molecular formula is C21H23FN2O4S. The Hall–Kier alpha value is -2.45. The van der Waals surface area contributed by atoms with Crippen molar-refractivity contribution in [2.24, 2.45) is 0 Å². The average Bonchev–Trinajstić information content (AvgIpc) is 3.35. The van der Waals surface area contributed by atoms with Gasteiger partial charge < -0.3 is 10.1 Å². The summed E-state index contributed by atoms with van der Waals surface area (Å²) in [6, 6.07) is 11.9. The van der Waals surface area contributed by atoms with Crippen molar-refractivity contribution >= 4 is 21.6 Å². The number of halogens is 1. The molecule has 0 radical (unpaired) electrons. The van der Waals surface area contributed by atoms with E-state index in [1.54, 1.807) is 24.3 Å². The number of hydrogen-bond acceptors (Lipinski definition) is 4. The van der Waals surface area contributed by atoms with Crippen LogP contribution in [-0.4, -0.2) is 33.6 Å². The number of sulfonamides is 1. The third-order valence-electron chi connectivity index (χ3n) is 5.51. The summed E-state index contributed by atoms with van der Waals surface area (Å²) in [4.78, 5) is 12.3. The lowest BCUT2D eigenvalue weighted by Crippen LogP contribution is -2.39. The van der Waals surface area contributed by atoms with Crippen molar-refractivity contribution in [3.63, 3.8) is 0 Å². The monoisotopic (exact) mass is 418 g/mol. The van der Waals surface area contributed by atoms with E-state index in [0.29, 0.717) is 12.2 Å². The molecule has 1 heterocycles. The quantitative estimate of drug-likeness (QED) is 0.724. The summed E-state index contributed by atoms with van der Waals surface area (Å²) in [5.41, 5.74) is 0.602. The van der Waals surface area contributed by atoms with Crippen LogP contribution < -0.4 is 10.0 Å². The van der Waals surface area contributed by atoms with Crippen molar-refractivity contribution in [2.75, 3.05) is 17.9 Å². The third kappa shape index (κ3) is 4.13. The van der Waals surface area contributed by atoms with Crippen molar-refractivity contribution < 1.29 is 22.3 Å². The van der Waals surface area contributed by atoms with Gasteiger partial charge in [0.05, 0.1) is 11.5 Å². The van der Waals surface area contributed by atoms with Crippen LogP contribution in [0.5, 0.6) is 0 Å². The van der Waals surface area contributed by atoms with Gasteiger partial charge in [-0.2, -0.15) is 0 Å². The Morgan fingerprint density at radius 3 is 2.48 bits per heavy atom. The number of rotatable bonds is 7. The highest BCUT2D eigenvalue weighted by Gasteiger charge is 2.51. The van der Waals surface area contributed by atoms with E-state index in [4.69, 9.17) is 4.74 Å². The van der Waals surface area contributed by atoms with Crippen LogP contribution in [0, 0.1) is 5.82 Å². The Morgan fingerprint density at radius 1 is 1.14 bits per heavy atom. The largest absolute Gasteiger partial charge is 0.376 e. The van der Waals surface area contributed by atoms with E-state index in [1.807, 2.05) is 0 Å². The molecule has 4 rings (SSSR count). The molecule has 6 nitrogen and oxygen atoms in total. The van der Waals surface area contributed by atoms with Gasteiger partial charge in [0.25, 0.3) is 10.0 Å². The number of ether oxygens (including phenoxy) is 1. The fraction of sp³-hybridized carbons (Fsp3) is 0.381. The number of hydrogen-bond donors (Lipinski definition) is 2. The first-order valence-corrected chi connectivity index (χ1v) is 11.2. The molecule has 1 amide bonds. The summed E-state index contributed by atoms with van der Waals surface area (Å²) in [5, 5.41) is 2.99. The Morgan fingerprint density at radius 2 is 1.86 bits per heavy atom. The molecule has 1 aliphatic carbocycles. The molecular weight excluding hydrogens is 395 g/mol. The van der Waals surface area contributed by atoms with Gasteiger partial charge in [0.1, 0.15) is 10.7 Å². The van der Waals surface area contributed by atoms with E-state index in [2.05, 4.69) is 10.0 Å². The number of amides is 1. The molecule has 0 unspecified atom stereocenters. The van der Waals surface area contributed by atoms with Gasteiger partial charge in [-0.15, -0.1) is 0 Å². The fourth-order valence-electron chi connectivity index (χ4n) is 3.68. The van der Waals surface area contributed by atoms with E-state index in [0.717, 1.165) is 43.9 Å². The second-order valence-electron chi connectivity index (χ2n) is 7.54. The molecule has 8 heteroatoms. The molecule has 2 N–H and O–H groups in total. The predicted octanol–water partition coefficient (Wildman–Crippen LogP) is 2.95. The minimum Gasteiger partial charge on any atom is -0.376 e. The van der Waals surface area contributed by atoms with Crippen molar-refractivity contribution in [3.8, 4) is 0 Å². The Kier molecular flexibility index (Phi) is 5.31. The fourth-order valence-corrected chi connectivity index (χ4v) is 4.82. The minimum atomic E-state index is -4.03. The third-order valence-corrected chi connectivity index (χ3v) is 6.93. The highest BCUT2D eigenvalue weighted by Crippen LogP contribution is 2.48. The van der Waals surface area contributed by atoms with Crippen LogP contribution in [-0.2, 0) is 25.0 Å². The maximum absolute atomic E-state index is 13.8. The molecule has 2 fully saturated rings. The van der Waals surface area contributed by atoms with Gasteiger partial charge in [0.2, 0.25) is 5.91 Å². The van der Waals surface area contributed by atoms with Crippen LogP contribution in [0.15, 0.2) is 53.4 Å². The van der Waals surface area contributed by atoms with Gasteiger partial charge in [0, 0.05) is 18.8 Å². The average molecular weight is 418 g/mol. The van der Waals surface area contributed by atoms with E-state index in [1.165, 1.54) is 18.2 Å². The van der Waals surface area contributed by atoms with Gasteiger partial charge in [-0.25, -0.2) is 12.8 Å². The first-order chi connectivity index (χ1) is 13.9. The van der Waals surface area contributed by atoms with Crippen molar-refractivity contribution in [2.45, 2.75) is 42.1 Å². The molecule has 2 aromatic carbocycles. The lowest BCUT2D eigenvalue weighted by Gasteiger charge is -2.18. The van der Waals surface area contributed by atoms with E-state index >= 15 is 0 Å². The maximum Gasteiger partial charge on any atom is 0.264 e. The molecule has 2 aliphatic rings. The van der Waals surface area contributed by atoms with Gasteiger partial charge in [-0.05, 0) is 55.5 Å². The zero-order valence-electron chi connectivity index (χ0n) is 15.9. The molecule has 154 valence electrons. The van der Waals surface area contributed by atoms with Crippen LogP contribution in [0.25, 0.3) is 0 Å². The first-order valence-electron chi connectivity index (χ1n) is 9.68. The standard InChI is InChI=1S/C21H23FN2O4S/c22-18-5-1-2-6-19(18)29(26,27)24-16-9-7-15(8-10-16)21(11-12-21)20(25)23-14-17-4-3-13-28-17/h1-2,5-10,17,24H,3-4,11-14H2,(H,23,25)/t17-/m1/s1. The van der Waals surface area contributed by atoms with Crippen LogP contribution in [0.1, 0.15) is 31.2 Å². The molecule has 2 aromatic rings. The van der Waals surface area contributed by atoms with E-state index < -0.39 is 26.2 Å². The van der Waals surface area contributed by atoms with E-state index in [9.17, 15) is 17.6 Å². The molecule has 0 bridgehead atoms. The molecule has 1 aliphatic heterocycles. The van der Waals surface area contributed by atoms with E-state index in [-0.39, 0.29) is 12.0 Å². The molecule has 1 atom stereocenters. The zero-order chi connectivity index (χ0) is 20.5. The van der Waals surface area contributed by atoms with Gasteiger partial charge in [-0.1, -0.05) is 24.3 Å². The summed E-state index contributed by atoms with van der Waals surface area (Å²) < 4.78 is 46.6. The van der Waals surface area contributed by atoms with Crippen LogP contribution in [0.3, 0.4) is 0 Å². The second-order valence-corrected chi connectivity index (χ2v) is 9.19. The lowest BCUT2D eigenvalue weighted by molar-refractivity contribution is -0.124. The summed E-state index contributed by atoms with van der Waals surface area (Å²) in [6.07, 6.45) is 3.58. The minimum absolute atomic E-state index is 0.0207. The smallest absolute Gasteiger partial charge is 0.264 e. The SMILES string of the molecule is O=C(NC[C@H]1CCCO1)C1(c2ccc(NS(=O)(=O)c3ccccc3F)cc2)CC1. The molecule has 1 saturated carbocycles. The first kappa shape index (κ1) is 19.8. The van der Waals surface area contributed by atoms with Crippen molar-refractivity contribution in [3.05, 3.63) is 59.9 Å². The Bertz CT molecular complexity index is 998. The van der Waals surface area contributed by atoms with Crippen LogP contribution >= 0.6 is 0 Å². The number of benzene rings is 2. The van der Waals surface area contributed by atoms with Crippen LogP contribution in [0.2, 0.25) is 0 Å². The highest BCUT2D eigenvalue weighted by molar-refractivity contribution is 7.92. The van der Waals surface area contributed by atoms with Crippen molar-refractivity contribution in [1.82, 2.24) is 5.32 Å². The molecule has 1 saturated heterocycles. The van der Waals surface area contributed by atoms with Crippen LogP contribution in [0.4, 0.5) is 10.1 Å². The molecule has 29 heavy (non-hydrogen) atoms. The van der Waals surface area contributed by atoms with Gasteiger partial charge in [0.15, 0.2) is 0 Å². The Balaban J connectivity index is 1.43. The lowest BCUT2D eigenvalue weighted by atomic mass is 9.94. The number of carbonyl (C=O) groups excluding carboxylic acids is 1. The highest BCUT2D eigenvalue weighted by atomic mass is 32.2. The molecule has 0 spiro atoms. The van der Waals surface area contributed by atoms with Crippen molar-refractivity contribution in [1.29, 1.82) is 0 Å². The zero-order valence-corrected chi connectivity index (χ0v) is 16.7. The normalized spacial score (nSPS) is 20.2. The second kappa shape index (κ2) is 7.76. The summed E-state index contributed by atoms with van der Waals surface area (Å²) in [7, 11) is -4.03. The topological polar surface area (TPSA) is 84.5 Å². The maximum atomic E-state index is 13.8. The summed E-state index contributed by atoms with van der Waals surface area (Å²) in [5.74, 6) is -0.829. The van der Waals surface area contributed by atoms with Gasteiger partial charge in [-0.3, -0.25) is 9.52 Å². The summed E-state index contributed by atoms with van der Waals surface area (Å²) in [6.45, 7) is 1.26. The number of carbonyl (C=O) groups is 1. The number of nitrogens with one attached hydrogen (secondary N) is 2. The Labute approximate surface area is 169 Å². The summed E-state index contributed by atoms with van der Waals surface area (Å²) >= 11 is 0. The number of anilines is 1. The predicted molar refractivity (Wildman–Crippen MR) is 107 cm³/mol.